The van der Waals surface area contributed by atoms with Gasteiger partial charge in [0.05, 0.1) is 11.7 Å². The Bertz CT molecular complexity index is 464. The SMILES string of the molecule is C=C1C[C@@H]2OC(C)(C)[C@@H]3CC[C@](C)(C[C@H]4[C@H](C)CC[C@@H]14)[C@@H]23. The lowest BCUT2D eigenvalue weighted by Crippen LogP contribution is -2.38. The topological polar surface area (TPSA) is 9.23 Å². The van der Waals surface area contributed by atoms with Crippen LogP contribution in [0, 0.1) is 35.0 Å². The van der Waals surface area contributed by atoms with Gasteiger partial charge in [-0.25, -0.2) is 0 Å². The molecule has 0 spiro atoms. The summed E-state index contributed by atoms with van der Waals surface area (Å²) in [6.07, 6.45) is 8.60. The van der Waals surface area contributed by atoms with Crippen molar-refractivity contribution in [1.29, 1.82) is 0 Å². The molecule has 118 valence electrons. The lowest BCUT2D eigenvalue weighted by atomic mass is 9.62. The van der Waals surface area contributed by atoms with Gasteiger partial charge in [0.1, 0.15) is 0 Å². The highest BCUT2D eigenvalue weighted by atomic mass is 16.5. The van der Waals surface area contributed by atoms with Crippen LogP contribution in [0.1, 0.15) is 66.2 Å². The van der Waals surface area contributed by atoms with E-state index in [9.17, 15) is 0 Å². The van der Waals surface area contributed by atoms with Crippen LogP contribution in [-0.2, 0) is 4.74 Å². The van der Waals surface area contributed by atoms with Gasteiger partial charge in [-0.2, -0.15) is 0 Å². The Morgan fingerprint density at radius 3 is 2.67 bits per heavy atom. The van der Waals surface area contributed by atoms with Gasteiger partial charge < -0.3 is 4.74 Å². The summed E-state index contributed by atoms with van der Waals surface area (Å²) in [6, 6.07) is 0. The quantitative estimate of drug-likeness (QED) is 0.556. The molecule has 4 fully saturated rings. The monoisotopic (exact) mass is 288 g/mol. The highest BCUT2D eigenvalue weighted by Gasteiger charge is 2.61. The summed E-state index contributed by atoms with van der Waals surface area (Å²) in [5.74, 6) is 4.12. The van der Waals surface area contributed by atoms with Crippen LogP contribution in [0.4, 0.5) is 0 Å². The van der Waals surface area contributed by atoms with Crippen molar-refractivity contribution < 1.29 is 4.74 Å². The van der Waals surface area contributed by atoms with E-state index in [1.807, 2.05) is 0 Å². The Hall–Kier alpha value is -0.300. The Kier molecular flexibility index (Phi) is 2.98. The maximum atomic E-state index is 6.57. The van der Waals surface area contributed by atoms with Gasteiger partial charge in [-0.3, -0.25) is 0 Å². The molecule has 1 heteroatoms. The fraction of sp³-hybridized carbons (Fsp3) is 0.900. The molecule has 1 heterocycles. The van der Waals surface area contributed by atoms with Crippen LogP contribution in [0.15, 0.2) is 12.2 Å². The van der Waals surface area contributed by atoms with Gasteiger partial charge in [0, 0.05) is 0 Å². The number of rotatable bonds is 0. The second-order valence-electron chi connectivity index (χ2n) is 9.48. The number of hydrogen-bond acceptors (Lipinski definition) is 1. The van der Waals surface area contributed by atoms with Crippen molar-refractivity contribution in [1.82, 2.24) is 0 Å². The van der Waals surface area contributed by atoms with Crippen LogP contribution in [0.5, 0.6) is 0 Å². The normalized spacial score (nSPS) is 55.0. The zero-order chi connectivity index (χ0) is 15.0. The highest BCUT2D eigenvalue weighted by Crippen LogP contribution is 2.64. The Labute approximate surface area is 130 Å². The largest absolute Gasteiger partial charge is 0.371 e. The van der Waals surface area contributed by atoms with Crippen LogP contribution < -0.4 is 0 Å². The predicted octanol–water partition coefficient (Wildman–Crippen LogP) is 5.21. The maximum Gasteiger partial charge on any atom is 0.0662 e. The van der Waals surface area contributed by atoms with Gasteiger partial charge in [0.25, 0.3) is 0 Å². The minimum Gasteiger partial charge on any atom is -0.371 e. The van der Waals surface area contributed by atoms with Crippen LogP contribution in [0.2, 0.25) is 0 Å². The van der Waals surface area contributed by atoms with Crippen LogP contribution in [-0.4, -0.2) is 11.7 Å². The minimum atomic E-state index is 0.0818. The summed E-state index contributed by atoms with van der Waals surface area (Å²) in [6.45, 7) is 14.3. The molecule has 21 heavy (non-hydrogen) atoms. The van der Waals surface area contributed by atoms with Crippen molar-refractivity contribution >= 4 is 0 Å². The molecular formula is C20H32O. The minimum absolute atomic E-state index is 0.0818. The molecule has 3 saturated carbocycles. The molecule has 0 radical (unpaired) electrons. The first-order valence-electron chi connectivity index (χ1n) is 9.17. The fourth-order valence-electron chi connectivity index (χ4n) is 6.83. The average molecular weight is 288 g/mol. The predicted molar refractivity (Wildman–Crippen MR) is 87.0 cm³/mol. The van der Waals surface area contributed by atoms with Crippen LogP contribution in [0.3, 0.4) is 0 Å². The lowest BCUT2D eigenvalue weighted by molar-refractivity contribution is -0.0513. The molecule has 7 atom stereocenters. The maximum absolute atomic E-state index is 6.57. The number of hydrogen-bond donors (Lipinski definition) is 0. The van der Waals surface area contributed by atoms with E-state index in [0.29, 0.717) is 11.5 Å². The summed E-state index contributed by atoms with van der Waals surface area (Å²) in [5, 5.41) is 0. The molecule has 0 N–H and O–H groups in total. The zero-order valence-electron chi connectivity index (χ0n) is 14.3. The Morgan fingerprint density at radius 2 is 1.90 bits per heavy atom. The summed E-state index contributed by atoms with van der Waals surface area (Å²) < 4.78 is 6.57. The van der Waals surface area contributed by atoms with Crippen LogP contribution in [0.25, 0.3) is 0 Å². The molecule has 0 unspecified atom stereocenters. The van der Waals surface area contributed by atoms with E-state index >= 15 is 0 Å². The molecule has 1 nitrogen and oxygen atoms in total. The molecule has 0 bridgehead atoms. The van der Waals surface area contributed by atoms with Gasteiger partial charge in [0.15, 0.2) is 0 Å². The first-order valence-corrected chi connectivity index (χ1v) is 9.17. The summed E-state index contributed by atoms with van der Waals surface area (Å²) in [4.78, 5) is 0. The van der Waals surface area contributed by atoms with Crippen molar-refractivity contribution in [2.75, 3.05) is 0 Å². The van der Waals surface area contributed by atoms with Gasteiger partial charge in [-0.15, -0.1) is 0 Å². The molecule has 0 aromatic rings. The molecule has 1 saturated heterocycles. The van der Waals surface area contributed by atoms with Crippen LogP contribution >= 0.6 is 0 Å². The number of fused-ring (bicyclic) bond motifs is 1. The van der Waals surface area contributed by atoms with Gasteiger partial charge >= 0.3 is 0 Å². The third-order valence-corrected chi connectivity index (χ3v) is 7.88. The summed E-state index contributed by atoms with van der Waals surface area (Å²) >= 11 is 0. The second-order valence-corrected chi connectivity index (χ2v) is 9.48. The number of ether oxygens (including phenoxy) is 1. The van der Waals surface area contributed by atoms with Crippen molar-refractivity contribution in [3.63, 3.8) is 0 Å². The third-order valence-electron chi connectivity index (χ3n) is 7.88. The molecule has 0 aromatic heterocycles. The first-order chi connectivity index (χ1) is 9.82. The van der Waals surface area contributed by atoms with E-state index < -0.39 is 0 Å². The second kappa shape index (κ2) is 4.37. The summed E-state index contributed by atoms with van der Waals surface area (Å²) in [7, 11) is 0. The van der Waals surface area contributed by atoms with E-state index in [-0.39, 0.29) is 5.60 Å². The molecule has 0 aromatic carbocycles. The third kappa shape index (κ3) is 1.92. The molecule has 1 aliphatic heterocycles. The van der Waals surface area contributed by atoms with E-state index in [1.54, 1.807) is 0 Å². The Balaban J connectivity index is 1.73. The zero-order valence-corrected chi connectivity index (χ0v) is 14.3. The summed E-state index contributed by atoms with van der Waals surface area (Å²) in [5.41, 5.74) is 2.11. The lowest BCUT2D eigenvalue weighted by Gasteiger charge is -2.42. The van der Waals surface area contributed by atoms with E-state index in [2.05, 4.69) is 34.3 Å². The molecule has 0 amide bonds. The molecule has 4 aliphatic rings. The molecular weight excluding hydrogens is 256 g/mol. The first kappa shape index (κ1) is 14.3. The van der Waals surface area contributed by atoms with E-state index in [0.717, 1.165) is 36.0 Å². The van der Waals surface area contributed by atoms with Crippen molar-refractivity contribution in [3.8, 4) is 0 Å². The van der Waals surface area contributed by atoms with Gasteiger partial charge in [-0.05, 0) is 87.4 Å². The van der Waals surface area contributed by atoms with Gasteiger partial charge in [-0.1, -0.05) is 26.0 Å². The smallest absolute Gasteiger partial charge is 0.0662 e. The van der Waals surface area contributed by atoms with Crippen molar-refractivity contribution in [3.05, 3.63) is 12.2 Å². The fourth-order valence-corrected chi connectivity index (χ4v) is 6.83. The molecule has 4 rings (SSSR count). The van der Waals surface area contributed by atoms with Crippen molar-refractivity contribution in [2.24, 2.45) is 35.0 Å². The van der Waals surface area contributed by atoms with Crippen molar-refractivity contribution in [2.45, 2.75) is 77.9 Å². The van der Waals surface area contributed by atoms with E-state index in [4.69, 9.17) is 4.74 Å². The standard InChI is InChI=1S/C20H32O/c1-12-6-7-14-13(2)10-17-18-16(19(3,4)21-17)8-9-20(18,5)11-15(12)14/h12,14-18H,2,6-11H2,1,3-5H3/t12-,14+,15+,16-,17+,18-,20-/m1/s1. The van der Waals surface area contributed by atoms with E-state index in [1.165, 1.54) is 37.7 Å². The van der Waals surface area contributed by atoms with Gasteiger partial charge in [0.2, 0.25) is 0 Å². The Morgan fingerprint density at radius 1 is 1.14 bits per heavy atom. The molecule has 3 aliphatic carbocycles. The average Bonchev–Trinajstić information content (AvgIpc) is 2.97. The highest BCUT2D eigenvalue weighted by molar-refractivity contribution is 5.17.